The van der Waals surface area contributed by atoms with Crippen molar-refractivity contribution in [3.05, 3.63) is 108 Å². The Bertz CT molecular complexity index is 1800. The molecule has 0 unspecified atom stereocenters. The Labute approximate surface area is 315 Å². The highest BCUT2D eigenvalue weighted by Crippen LogP contribution is 2.33. The average Bonchev–Trinajstić information content (AvgIpc) is 3.16. The summed E-state index contributed by atoms with van der Waals surface area (Å²) < 4.78 is 51.7. The van der Waals surface area contributed by atoms with Gasteiger partial charge in [-0.3, -0.25) is 14.4 Å². The highest BCUT2D eigenvalue weighted by Gasteiger charge is 2.54. The second-order valence-corrected chi connectivity index (χ2v) is 12.5. The Morgan fingerprint density at radius 1 is 0.509 bits per heavy atom. The van der Waals surface area contributed by atoms with E-state index >= 15 is 0 Å². The van der Waals surface area contributed by atoms with Crippen LogP contribution in [0.3, 0.4) is 0 Å². The van der Waals surface area contributed by atoms with Crippen LogP contribution in [0, 0.1) is 0 Å². The van der Waals surface area contributed by atoms with Gasteiger partial charge in [-0.25, -0.2) is 14.4 Å². The first-order chi connectivity index (χ1) is 26.3. The van der Waals surface area contributed by atoms with Crippen LogP contribution in [0.25, 0.3) is 0 Å². The van der Waals surface area contributed by atoms with Crippen LogP contribution in [0.5, 0.6) is 0 Å². The first-order valence-corrected chi connectivity index (χ1v) is 17.2. The van der Waals surface area contributed by atoms with Crippen molar-refractivity contribution in [2.45, 2.75) is 89.1 Å². The van der Waals surface area contributed by atoms with Crippen LogP contribution in [-0.2, 0) is 57.0 Å². The molecule has 3 aromatic carbocycles. The summed E-state index contributed by atoms with van der Waals surface area (Å²) in [4.78, 5) is 76.8. The van der Waals surface area contributed by atoms with Crippen molar-refractivity contribution in [3.8, 4) is 0 Å². The molecule has 0 saturated carbocycles. The summed E-state index contributed by atoms with van der Waals surface area (Å²) >= 11 is 0. The fourth-order valence-corrected chi connectivity index (χ4v) is 6.02. The van der Waals surface area contributed by atoms with Crippen molar-refractivity contribution in [2.75, 3.05) is 6.61 Å². The number of carbonyl (C=O) groups is 6. The van der Waals surface area contributed by atoms with Crippen molar-refractivity contribution in [1.29, 1.82) is 0 Å². The third-order valence-corrected chi connectivity index (χ3v) is 8.43. The minimum atomic E-state index is -1.90. The molecule has 3 aromatic rings. The van der Waals surface area contributed by atoms with Crippen molar-refractivity contribution < 1.29 is 76.5 Å². The van der Waals surface area contributed by atoms with Crippen LogP contribution in [0.1, 0.15) is 58.8 Å². The molecule has 55 heavy (non-hydrogen) atoms. The minimum Gasteiger partial charge on any atom is -0.456 e. The van der Waals surface area contributed by atoms with E-state index in [0.717, 1.165) is 20.8 Å². The van der Waals surface area contributed by atoms with Gasteiger partial charge >= 0.3 is 35.8 Å². The summed E-state index contributed by atoms with van der Waals surface area (Å²) in [5, 5.41) is 10.9. The number of esters is 6. The number of hydrogen-bond donors (Lipinski definition) is 1. The quantitative estimate of drug-likeness (QED) is 0.208. The standard InChI is InChI=1S/C39H40O16/c1-21-29(53-35(43)25-14-8-5-9-15-25)31(54-36(44)26-16-10-6-11-17-26)34(55-37(45)27-18-12-7-13-19-27)39(48-21)47-20-28-30(49-22(2)40)32(50-23(3)41)33(38(46)52-28)51-24(4)42/h5-19,21,28-34,38-39,46H,20H2,1-4H3/t21-,28-,29-,30-,31+,32+,33-,34-,38+,39-/m1/s1. The van der Waals surface area contributed by atoms with Gasteiger partial charge in [0.2, 0.25) is 0 Å². The summed E-state index contributed by atoms with van der Waals surface area (Å²) in [5.41, 5.74) is 0.422. The van der Waals surface area contributed by atoms with Gasteiger partial charge in [0.05, 0.1) is 29.4 Å². The summed E-state index contributed by atoms with van der Waals surface area (Å²) in [6.07, 6.45) is -15.2. The van der Waals surface area contributed by atoms with Crippen molar-refractivity contribution in [3.63, 3.8) is 0 Å². The molecular weight excluding hydrogens is 724 g/mol. The smallest absolute Gasteiger partial charge is 0.338 e. The molecule has 16 nitrogen and oxygen atoms in total. The van der Waals surface area contributed by atoms with Gasteiger partial charge in [-0.15, -0.1) is 0 Å². The Balaban J connectivity index is 1.50. The first kappa shape index (κ1) is 40.5. The van der Waals surface area contributed by atoms with Crippen LogP contribution in [-0.4, -0.2) is 109 Å². The monoisotopic (exact) mass is 764 g/mol. The van der Waals surface area contributed by atoms with Crippen molar-refractivity contribution in [2.24, 2.45) is 0 Å². The molecule has 292 valence electrons. The summed E-state index contributed by atoms with van der Waals surface area (Å²) in [6, 6.07) is 23.8. The number of hydrogen-bond acceptors (Lipinski definition) is 16. The molecular formula is C39H40O16. The lowest BCUT2D eigenvalue weighted by Gasteiger charge is -2.45. The molecule has 1 N–H and O–H groups in total. The lowest BCUT2D eigenvalue weighted by molar-refractivity contribution is -0.323. The molecule has 0 aromatic heterocycles. The number of benzene rings is 3. The fraction of sp³-hybridized carbons (Fsp3) is 0.385. The third kappa shape index (κ3) is 10.5. The molecule has 5 rings (SSSR count). The van der Waals surface area contributed by atoms with Gasteiger partial charge in [0.15, 0.2) is 49.2 Å². The molecule has 10 atom stereocenters. The molecule has 2 saturated heterocycles. The molecule has 0 aliphatic carbocycles. The van der Waals surface area contributed by atoms with Gasteiger partial charge in [-0.1, -0.05) is 54.6 Å². The van der Waals surface area contributed by atoms with Crippen LogP contribution in [0.15, 0.2) is 91.0 Å². The summed E-state index contributed by atoms with van der Waals surface area (Å²) in [5.74, 6) is -5.08. The zero-order chi connectivity index (χ0) is 39.6. The molecule has 0 spiro atoms. The maximum Gasteiger partial charge on any atom is 0.338 e. The van der Waals surface area contributed by atoms with E-state index in [1.807, 2.05) is 0 Å². The topological polar surface area (TPSA) is 206 Å². The Kier molecular flexibility index (Phi) is 13.7. The second-order valence-electron chi connectivity index (χ2n) is 12.5. The maximum absolute atomic E-state index is 13.6. The number of carbonyl (C=O) groups excluding carboxylic acids is 6. The number of ether oxygens (including phenoxy) is 9. The molecule has 0 amide bonds. The van der Waals surface area contributed by atoms with Crippen molar-refractivity contribution >= 4 is 35.8 Å². The van der Waals surface area contributed by atoms with Crippen LogP contribution >= 0.6 is 0 Å². The van der Waals surface area contributed by atoms with E-state index in [1.165, 1.54) is 43.3 Å². The Morgan fingerprint density at radius 3 is 1.35 bits per heavy atom. The van der Waals surface area contributed by atoms with E-state index in [1.54, 1.807) is 54.6 Å². The van der Waals surface area contributed by atoms with E-state index in [9.17, 15) is 33.9 Å². The lowest BCUT2D eigenvalue weighted by atomic mass is 9.97. The first-order valence-electron chi connectivity index (χ1n) is 17.2. The zero-order valence-corrected chi connectivity index (χ0v) is 30.2. The van der Waals surface area contributed by atoms with Gasteiger partial charge in [0.25, 0.3) is 0 Å². The molecule has 2 heterocycles. The predicted octanol–water partition coefficient (Wildman–Crippen LogP) is 2.94. The Morgan fingerprint density at radius 2 is 0.891 bits per heavy atom. The molecule has 2 aliphatic heterocycles. The maximum atomic E-state index is 13.6. The van der Waals surface area contributed by atoms with E-state index in [-0.39, 0.29) is 16.7 Å². The molecule has 16 heteroatoms. The molecule has 2 fully saturated rings. The second kappa shape index (κ2) is 18.6. The zero-order valence-electron chi connectivity index (χ0n) is 30.2. The molecule has 0 bridgehead atoms. The highest BCUT2D eigenvalue weighted by atomic mass is 16.7. The predicted molar refractivity (Wildman–Crippen MR) is 185 cm³/mol. The highest BCUT2D eigenvalue weighted by molar-refractivity contribution is 5.91. The third-order valence-electron chi connectivity index (χ3n) is 8.43. The minimum absolute atomic E-state index is 0.111. The summed E-state index contributed by atoms with van der Waals surface area (Å²) in [7, 11) is 0. The summed E-state index contributed by atoms with van der Waals surface area (Å²) in [6.45, 7) is 4.09. The lowest BCUT2D eigenvalue weighted by Crippen LogP contribution is -2.64. The largest absolute Gasteiger partial charge is 0.456 e. The normalized spacial score (nSPS) is 27.4. The van der Waals surface area contributed by atoms with Gasteiger partial charge in [0.1, 0.15) is 6.10 Å². The molecule has 0 radical (unpaired) electrons. The van der Waals surface area contributed by atoms with E-state index in [4.69, 9.17) is 42.6 Å². The van der Waals surface area contributed by atoms with E-state index in [0.29, 0.717) is 0 Å². The number of aliphatic hydroxyl groups excluding tert-OH is 1. The number of aliphatic hydroxyl groups is 1. The Hall–Kier alpha value is -5.68. The van der Waals surface area contributed by atoms with E-state index in [2.05, 4.69) is 0 Å². The van der Waals surface area contributed by atoms with Crippen LogP contribution in [0.4, 0.5) is 0 Å². The fourth-order valence-electron chi connectivity index (χ4n) is 6.02. The van der Waals surface area contributed by atoms with Crippen LogP contribution < -0.4 is 0 Å². The SMILES string of the molecule is CC(=O)O[C@@H]1[C@@H](OC(C)=O)[C@@H](O)O[C@H](CO[C@@H]2O[C@H](C)[C@@H](OC(=O)c3ccccc3)[C@H](OC(=O)c3ccccc3)[C@H]2OC(=O)c2ccccc2)[C@H]1OC(C)=O. The van der Waals surface area contributed by atoms with E-state index < -0.39 is 104 Å². The van der Waals surface area contributed by atoms with Crippen molar-refractivity contribution in [1.82, 2.24) is 0 Å². The van der Waals surface area contributed by atoms with Gasteiger partial charge in [0, 0.05) is 20.8 Å². The van der Waals surface area contributed by atoms with Crippen LogP contribution in [0.2, 0.25) is 0 Å². The van der Waals surface area contributed by atoms with Gasteiger partial charge < -0.3 is 47.7 Å². The van der Waals surface area contributed by atoms with Gasteiger partial charge in [-0.05, 0) is 43.3 Å². The molecule has 2 aliphatic rings. The van der Waals surface area contributed by atoms with Gasteiger partial charge in [-0.2, -0.15) is 0 Å². The average molecular weight is 765 g/mol. The number of rotatable bonds is 12.